The molecular weight excluding hydrogens is 148 g/mol. The molecule has 0 saturated carbocycles. The number of aliphatic hydroxyl groups excluding tert-OH is 1. The van der Waals surface area contributed by atoms with Crippen LogP contribution < -0.4 is 0 Å². The van der Waals surface area contributed by atoms with Crippen LogP contribution in [0, 0.1) is 5.92 Å². The molecule has 0 radical (unpaired) electrons. The van der Waals surface area contributed by atoms with E-state index >= 15 is 0 Å². The minimum absolute atomic E-state index is 0.223. The second-order valence-corrected chi connectivity index (χ2v) is 3.69. The second kappa shape index (κ2) is 7.35. The van der Waals surface area contributed by atoms with Gasteiger partial charge in [-0.2, -0.15) is 0 Å². The Kier molecular flexibility index (Phi) is 7.17. The molecule has 1 heteroatoms. The zero-order valence-corrected chi connectivity index (χ0v) is 8.59. The van der Waals surface area contributed by atoms with Gasteiger partial charge in [-0.15, -0.1) is 0 Å². The zero-order valence-electron chi connectivity index (χ0n) is 8.59. The van der Waals surface area contributed by atoms with Crippen molar-refractivity contribution in [3.05, 3.63) is 12.2 Å². The van der Waals surface area contributed by atoms with E-state index < -0.39 is 0 Å². The average Bonchev–Trinajstić information content (AvgIpc) is 2.01. The van der Waals surface area contributed by atoms with Gasteiger partial charge in [0.2, 0.25) is 0 Å². The number of allylic oxidation sites excluding steroid dienone is 1. The molecule has 0 amide bonds. The standard InChI is InChI=1S/C11H22O/c1-4-5-6-7-11(12)9-8-10(2)3/h8-12H,4-7H2,1-3H3/b9-8-. The van der Waals surface area contributed by atoms with Crippen LogP contribution in [-0.4, -0.2) is 11.2 Å². The molecule has 0 rings (SSSR count). The number of hydrogen-bond acceptors (Lipinski definition) is 1. The third kappa shape index (κ3) is 7.80. The van der Waals surface area contributed by atoms with Crippen LogP contribution in [0.3, 0.4) is 0 Å². The summed E-state index contributed by atoms with van der Waals surface area (Å²) in [5, 5.41) is 9.44. The van der Waals surface area contributed by atoms with Gasteiger partial charge in [-0.3, -0.25) is 0 Å². The number of aliphatic hydroxyl groups is 1. The van der Waals surface area contributed by atoms with Crippen LogP contribution >= 0.6 is 0 Å². The molecule has 0 aromatic heterocycles. The van der Waals surface area contributed by atoms with Crippen LogP contribution in [0.25, 0.3) is 0 Å². The van der Waals surface area contributed by atoms with Gasteiger partial charge in [-0.05, 0) is 12.3 Å². The molecule has 0 aliphatic heterocycles. The highest BCUT2D eigenvalue weighted by Gasteiger charge is 1.97. The van der Waals surface area contributed by atoms with Gasteiger partial charge in [0.05, 0.1) is 6.10 Å². The van der Waals surface area contributed by atoms with Crippen LogP contribution in [0.5, 0.6) is 0 Å². The quantitative estimate of drug-likeness (QED) is 0.479. The fraction of sp³-hybridized carbons (Fsp3) is 0.818. The maximum absolute atomic E-state index is 9.44. The van der Waals surface area contributed by atoms with Gasteiger partial charge < -0.3 is 5.11 Å². The molecule has 0 saturated heterocycles. The highest BCUT2D eigenvalue weighted by molar-refractivity contribution is 4.90. The molecule has 72 valence electrons. The molecular formula is C11H22O. The second-order valence-electron chi connectivity index (χ2n) is 3.69. The van der Waals surface area contributed by atoms with E-state index in [9.17, 15) is 5.11 Å². The zero-order chi connectivity index (χ0) is 9.40. The molecule has 1 unspecified atom stereocenters. The van der Waals surface area contributed by atoms with Gasteiger partial charge in [-0.1, -0.05) is 52.2 Å². The summed E-state index contributed by atoms with van der Waals surface area (Å²) in [5.74, 6) is 0.547. The van der Waals surface area contributed by atoms with Crippen LogP contribution in [0.1, 0.15) is 46.5 Å². The van der Waals surface area contributed by atoms with E-state index in [0.29, 0.717) is 5.92 Å². The normalized spacial score (nSPS) is 14.4. The first-order chi connectivity index (χ1) is 5.66. The van der Waals surface area contributed by atoms with Gasteiger partial charge in [-0.25, -0.2) is 0 Å². The molecule has 0 aromatic carbocycles. The van der Waals surface area contributed by atoms with E-state index in [0.717, 1.165) is 12.8 Å². The Hall–Kier alpha value is -0.300. The smallest absolute Gasteiger partial charge is 0.0721 e. The van der Waals surface area contributed by atoms with E-state index in [-0.39, 0.29) is 6.10 Å². The Labute approximate surface area is 76.5 Å². The largest absolute Gasteiger partial charge is 0.389 e. The molecule has 0 aliphatic carbocycles. The van der Waals surface area contributed by atoms with Crippen LogP contribution in [0.15, 0.2) is 12.2 Å². The molecule has 1 atom stereocenters. The molecule has 0 aliphatic rings. The van der Waals surface area contributed by atoms with E-state index in [1.807, 2.05) is 6.08 Å². The first-order valence-electron chi connectivity index (χ1n) is 5.03. The summed E-state index contributed by atoms with van der Waals surface area (Å²) in [6, 6.07) is 0. The maximum Gasteiger partial charge on any atom is 0.0721 e. The number of rotatable bonds is 6. The lowest BCUT2D eigenvalue weighted by Crippen LogP contribution is -2.01. The fourth-order valence-corrected chi connectivity index (χ4v) is 1.05. The van der Waals surface area contributed by atoms with Crippen molar-refractivity contribution in [2.45, 2.75) is 52.6 Å². The summed E-state index contributed by atoms with van der Waals surface area (Å²) in [6.45, 7) is 6.42. The Morgan fingerprint density at radius 1 is 1.17 bits per heavy atom. The monoisotopic (exact) mass is 170 g/mol. The summed E-state index contributed by atoms with van der Waals surface area (Å²) in [5.41, 5.74) is 0. The Bertz CT molecular complexity index is 116. The maximum atomic E-state index is 9.44. The van der Waals surface area contributed by atoms with Crippen molar-refractivity contribution in [2.24, 2.45) is 5.92 Å². The van der Waals surface area contributed by atoms with Crippen LogP contribution in [0.4, 0.5) is 0 Å². The van der Waals surface area contributed by atoms with Crippen molar-refractivity contribution in [3.8, 4) is 0 Å². The lowest BCUT2D eigenvalue weighted by molar-refractivity contribution is 0.207. The number of unbranched alkanes of at least 4 members (excludes halogenated alkanes) is 2. The summed E-state index contributed by atoms with van der Waals surface area (Å²) in [6.07, 6.45) is 8.26. The van der Waals surface area contributed by atoms with E-state index in [1.165, 1.54) is 12.8 Å². The summed E-state index contributed by atoms with van der Waals surface area (Å²) in [7, 11) is 0. The van der Waals surface area contributed by atoms with Crippen molar-refractivity contribution in [1.82, 2.24) is 0 Å². The van der Waals surface area contributed by atoms with Crippen molar-refractivity contribution in [2.75, 3.05) is 0 Å². The Morgan fingerprint density at radius 2 is 1.83 bits per heavy atom. The van der Waals surface area contributed by atoms with E-state index in [1.54, 1.807) is 0 Å². The first kappa shape index (κ1) is 11.7. The highest BCUT2D eigenvalue weighted by Crippen LogP contribution is 2.05. The third-order valence-corrected chi connectivity index (χ3v) is 1.82. The van der Waals surface area contributed by atoms with Gasteiger partial charge in [0.15, 0.2) is 0 Å². The predicted octanol–water partition coefficient (Wildman–Crippen LogP) is 3.14. The minimum atomic E-state index is -0.223. The SMILES string of the molecule is CCCCCC(O)/C=C\C(C)C. The molecule has 0 aromatic rings. The van der Waals surface area contributed by atoms with Gasteiger partial charge in [0.25, 0.3) is 0 Å². The molecule has 0 spiro atoms. The molecule has 1 nitrogen and oxygen atoms in total. The predicted molar refractivity (Wildman–Crippen MR) is 54.1 cm³/mol. The summed E-state index contributed by atoms with van der Waals surface area (Å²) >= 11 is 0. The van der Waals surface area contributed by atoms with E-state index in [2.05, 4.69) is 26.8 Å². The third-order valence-electron chi connectivity index (χ3n) is 1.82. The van der Waals surface area contributed by atoms with Crippen molar-refractivity contribution in [3.63, 3.8) is 0 Å². The molecule has 1 N–H and O–H groups in total. The average molecular weight is 170 g/mol. The lowest BCUT2D eigenvalue weighted by Gasteiger charge is -2.04. The number of hydrogen-bond donors (Lipinski definition) is 1. The fourth-order valence-electron chi connectivity index (χ4n) is 1.05. The van der Waals surface area contributed by atoms with Crippen molar-refractivity contribution >= 4 is 0 Å². The summed E-state index contributed by atoms with van der Waals surface area (Å²) < 4.78 is 0. The minimum Gasteiger partial charge on any atom is -0.389 e. The van der Waals surface area contributed by atoms with Crippen molar-refractivity contribution in [1.29, 1.82) is 0 Å². The van der Waals surface area contributed by atoms with Crippen molar-refractivity contribution < 1.29 is 5.11 Å². The Morgan fingerprint density at radius 3 is 2.33 bits per heavy atom. The van der Waals surface area contributed by atoms with Crippen LogP contribution in [-0.2, 0) is 0 Å². The van der Waals surface area contributed by atoms with Gasteiger partial charge in [0, 0.05) is 0 Å². The highest BCUT2D eigenvalue weighted by atomic mass is 16.3. The summed E-state index contributed by atoms with van der Waals surface area (Å²) in [4.78, 5) is 0. The molecule has 0 fully saturated rings. The van der Waals surface area contributed by atoms with Gasteiger partial charge in [0.1, 0.15) is 0 Å². The first-order valence-corrected chi connectivity index (χ1v) is 5.03. The lowest BCUT2D eigenvalue weighted by atomic mass is 10.1. The molecule has 0 bridgehead atoms. The molecule has 12 heavy (non-hydrogen) atoms. The molecule has 0 heterocycles. The Balaban J connectivity index is 3.38. The topological polar surface area (TPSA) is 20.2 Å². The van der Waals surface area contributed by atoms with Gasteiger partial charge >= 0.3 is 0 Å². The van der Waals surface area contributed by atoms with E-state index in [4.69, 9.17) is 0 Å². The van der Waals surface area contributed by atoms with Crippen LogP contribution in [0.2, 0.25) is 0 Å².